The van der Waals surface area contributed by atoms with Crippen molar-refractivity contribution in [2.75, 3.05) is 30.3 Å². The van der Waals surface area contributed by atoms with Gasteiger partial charge in [0.05, 0.1) is 0 Å². The summed E-state index contributed by atoms with van der Waals surface area (Å²) >= 11 is 0. The molecule has 1 aromatic carbocycles. The van der Waals surface area contributed by atoms with Crippen LogP contribution in [0.1, 0.15) is 25.7 Å². The smallest absolute Gasteiger partial charge is 0.253 e. The van der Waals surface area contributed by atoms with Gasteiger partial charge in [-0.25, -0.2) is 0 Å². The molecule has 1 atom stereocenters. The number of rotatable bonds is 5. The van der Waals surface area contributed by atoms with Crippen molar-refractivity contribution < 1.29 is 14.3 Å². The van der Waals surface area contributed by atoms with Crippen molar-refractivity contribution in [3.05, 3.63) is 42.7 Å². The number of aromatic nitrogens is 2. The number of carbonyl (C=O) groups is 2. The highest BCUT2D eigenvalue weighted by Crippen LogP contribution is 2.29. The Kier molecular flexibility index (Phi) is 5.40. The number of amides is 2. The molecular weight excluding hydrogens is 358 g/mol. The maximum atomic E-state index is 13.1. The Labute approximate surface area is 163 Å². The van der Waals surface area contributed by atoms with Gasteiger partial charge in [0, 0.05) is 30.4 Å². The van der Waals surface area contributed by atoms with Gasteiger partial charge in [-0.1, -0.05) is 0 Å². The normalized spacial score (nSPS) is 21.2. The SMILES string of the molecule is O=C(Nc1ccc(NC(=O)C2(n3cccn3)CCNCC2)cc1)C1CCCO1. The molecule has 0 radical (unpaired) electrons. The standard InChI is InChI=1S/C20H25N5O3/c26-18(17-3-1-14-28-17)23-15-4-6-16(7-5-15)24-19(27)20(8-11-21-12-9-20)25-13-2-10-22-25/h2,4-7,10,13,17,21H,1,3,8-9,11-12,14H2,(H,23,26)(H,24,27). The zero-order chi connectivity index (χ0) is 19.4. The number of piperidine rings is 1. The molecule has 1 aromatic heterocycles. The number of nitrogens with zero attached hydrogens (tertiary/aromatic N) is 2. The second-order valence-corrected chi connectivity index (χ2v) is 7.25. The third-order valence-corrected chi connectivity index (χ3v) is 5.43. The molecule has 3 heterocycles. The van der Waals surface area contributed by atoms with Crippen molar-refractivity contribution >= 4 is 23.2 Å². The zero-order valence-electron chi connectivity index (χ0n) is 15.7. The van der Waals surface area contributed by atoms with E-state index >= 15 is 0 Å². The second kappa shape index (κ2) is 8.12. The fraction of sp³-hybridized carbons (Fsp3) is 0.450. The molecule has 2 aromatic rings. The number of hydrogen-bond donors (Lipinski definition) is 3. The van der Waals surface area contributed by atoms with Gasteiger partial charge in [-0.05, 0) is 69.1 Å². The molecule has 8 heteroatoms. The van der Waals surface area contributed by atoms with Gasteiger partial charge in [-0.3, -0.25) is 14.3 Å². The predicted octanol–water partition coefficient (Wildman–Crippen LogP) is 1.72. The minimum absolute atomic E-state index is 0.0751. The molecule has 0 saturated carbocycles. The first-order valence-corrected chi connectivity index (χ1v) is 9.72. The van der Waals surface area contributed by atoms with Crippen molar-refractivity contribution in [1.82, 2.24) is 15.1 Å². The lowest BCUT2D eigenvalue weighted by Gasteiger charge is -2.36. The van der Waals surface area contributed by atoms with E-state index in [1.54, 1.807) is 35.1 Å². The third-order valence-electron chi connectivity index (χ3n) is 5.43. The van der Waals surface area contributed by atoms with Gasteiger partial charge >= 0.3 is 0 Å². The van der Waals surface area contributed by atoms with Crippen LogP contribution in [0.4, 0.5) is 11.4 Å². The average Bonchev–Trinajstić information content (AvgIpc) is 3.44. The fourth-order valence-corrected chi connectivity index (χ4v) is 3.81. The molecule has 0 aliphatic carbocycles. The first-order valence-electron chi connectivity index (χ1n) is 9.72. The quantitative estimate of drug-likeness (QED) is 0.730. The van der Waals surface area contributed by atoms with Gasteiger partial charge in [0.15, 0.2) is 0 Å². The highest BCUT2D eigenvalue weighted by Gasteiger charge is 2.42. The number of carbonyl (C=O) groups excluding carboxylic acids is 2. The molecule has 2 amide bonds. The topological polar surface area (TPSA) is 97.3 Å². The molecule has 2 aliphatic heterocycles. The van der Waals surface area contributed by atoms with Crippen LogP contribution in [0.15, 0.2) is 42.7 Å². The maximum Gasteiger partial charge on any atom is 0.253 e. The van der Waals surface area contributed by atoms with Crippen LogP contribution in [0.5, 0.6) is 0 Å². The van der Waals surface area contributed by atoms with E-state index in [2.05, 4.69) is 21.0 Å². The molecule has 2 fully saturated rings. The summed E-state index contributed by atoms with van der Waals surface area (Å²) in [5.74, 6) is -0.199. The van der Waals surface area contributed by atoms with Crippen LogP contribution in [-0.4, -0.2) is 47.4 Å². The van der Waals surface area contributed by atoms with Crippen LogP contribution >= 0.6 is 0 Å². The van der Waals surface area contributed by atoms with E-state index in [1.807, 2.05) is 12.3 Å². The van der Waals surface area contributed by atoms with Crippen LogP contribution in [0.3, 0.4) is 0 Å². The van der Waals surface area contributed by atoms with Gasteiger partial charge < -0.3 is 20.7 Å². The first-order chi connectivity index (χ1) is 13.7. The maximum absolute atomic E-state index is 13.1. The summed E-state index contributed by atoms with van der Waals surface area (Å²) in [5.41, 5.74) is 0.675. The van der Waals surface area contributed by atoms with E-state index in [9.17, 15) is 9.59 Å². The molecule has 1 unspecified atom stereocenters. The van der Waals surface area contributed by atoms with E-state index in [0.717, 1.165) is 25.9 Å². The van der Waals surface area contributed by atoms with Gasteiger partial charge in [-0.15, -0.1) is 0 Å². The van der Waals surface area contributed by atoms with Gasteiger partial charge in [0.25, 0.3) is 11.8 Å². The molecule has 28 heavy (non-hydrogen) atoms. The highest BCUT2D eigenvalue weighted by atomic mass is 16.5. The van der Waals surface area contributed by atoms with Crippen molar-refractivity contribution in [3.63, 3.8) is 0 Å². The number of hydrogen-bond acceptors (Lipinski definition) is 5. The molecular formula is C20H25N5O3. The van der Waals surface area contributed by atoms with Crippen LogP contribution in [0.25, 0.3) is 0 Å². The van der Waals surface area contributed by atoms with E-state index in [0.29, 0.717) is 30.8 Å². The molecule has 0 bridgehead atoms. The minimum Gasteiger partial charge on any atom is -0.368 e. The van der Waals surface area contributed by atoms with Crippen molar-refractivity contribution in [3.8, 4) is 0 Å². The average molecular weight is 383 g/mol. The summed E-state index contributed by atoms with van der Waals surface area (Å²) in [5, 5.41) is 13.5. The molecule has 148 valence electrons. The lowest BCUT2D eigenvalue weighted by atomic mass is 9.87. The summed E-state index contributed by atoms with van der Waals surface area (Å²) in [6.45, 7) is 2.17. The van der Waals surface area contributed by atoms with E-state index in [1.165, 1.54) is 0 Å². The van der Waals surface area contributed by atoms with Crippen LogP contribution in [-0.2, 0) is 19.9 Å². The minimum atomic E-state index is -0.693. The Hall–Kier alpha value is -2.71. The van der Waals surface area contributed by atoms with Gasteiger partial charge in [0.2, 0.25) is 0 Å². The number of ether oxygens (including phenoxy) is 1. The Bertz CT molecular complexity index is 807. The molecule has 0 spiro atoms. The molecule has 2 saturated heterocycles. The lowest BCUT2D eigenvalue weighted by Crippen LogP contribution is -2.52. The highest BCUT2D eigenvalue weighted by molar-refractivity contribution is 5.97. The van der Waals surface area contributed by atoms with E-state index in [4.69, 9.17) is 4.74 Å². The third kappa shape index (κ3) is 3.79. The van der Waals surface area contributed by atoms with Crippen LogP contribution < -0.4 is 16.0 Å². The summed E-state index contributed by atoms with van der Waals surface area (Å²) in [4.78, 5) is 25.3. The molecule has 3 N–H and O–H groups in total. The van der Waals surface area contributed by atoms with Crippen molar-refractivity contribution in [2.24, 2.45) is 0 Å². The number of anilines is 2. The summed E-state index contributed by atoms with van der Waals surface area (Å²) in [6.07, 6.45) is 6.19. The Balaban J connectivity index is 1.43. The zero-order valence-corrected chi connectivity index (χ0v) is 15.7. The lowest BCUT2D eigenvalue weighted by molar-refractivity contribution is -0.126. The van der Waals surface area contributed by atoms with Gasteiger partial charge in [-0.2, -0.15) is 5.10 Å². The largest absolute Gasteiger partial charge is 0.368 e. The summed E-state index contributed by atoms with van der Waals surface area (Å²) in [7, 11) is 0. The Morgan fingerprint density at radius 2 is 1.86 bits per heavy atom. The molecule has 8 nitrogen and oxygen atoms in total. The first kappa shape index (κ1) is 18.6. The summed E-state index contributed by atoms with van der Waals surface area (Å²) < 4.78 is 7.16. The van der Waals surface area contributed by atoms with Crippen LogP contribution in [0, 0.1) is 0 Å². The van der Waals surface area contributed by atoms with Gasteiger partial charge in [0.1, 0.15) is 11.6 Å². The fourth-order valence-electron chi connectivity index (χ4n) is 3.81. The molecule has 2 aliphatic rings. The van der Waals surface area contributed by atoms with E-state index < -0.39 is 5.54 Å². The van der Waals surface area contributed by atoms with Crippen molar-refractivity contribution in [2.45, 2.75) is 37.3 Å². The predicted molar refractivity (Wildman–Crippen MR) is 105 cm³/mol. The van der Waals surface area contributed by atoms with Crippen molar-refractivity contribution in [1.29, 1.82) is 0 Å². The van der Waals surface area contributed by atoms with Crippen LogP contribution in [0.2, 0.25) is 0 Å². The Morgan fingerprint density at radius 1 is 1.14 bits per heavy atom. The van der Waals surface area contributed by atoms with E-state index in [-0.39, 0.29) is 17.9 Å². The number of nitrogens with one attached hydrogen (secondary N) is 3. The number of benzene rings is 1. The molecule has 4 rings (SSSR count). The summed E-state index contributed by atoms with van der Waals surface area (Å²) in [6, 6.07) is 8.99. The Morgan fingerprint density at radius 3 is 2.46 bits per heavy atom. The monoisotopic (exact) mass is 383 g/mol. The second-order valence-electron chi connectivity index (χ2n) is 7.25.